The second kappa shape index (κ2) is 12.8. The van der Waals surface area contributed by atoms with Gasteiger partial charge < -0.3 is 19.1 Å². The Morgan fingerprint density at radius 2 is 0.975 bits per heavy atom. The van der Waals surface area contributed by atoms with Gasteiger partial charge in [-0.25, -0.2) is 0 Å². The third-order valence-corrected chi connectivity index (χ3v) is 20.6. The Hall–Kier alpha value is -0.246. The highest BCUT2D eigenvalue weighted by atomic mass is 28.4. The van der Waals surface area contributed by atoms with E-state index in [0.29, 0.717) is 13.2 Å². The van der Waals surface area contributed by atoms with Gasteiger partial charge in [-0.15, -0.1) is 0 Å². The van der Waals surface area contributed by atoms with Gasteiger partial charge in [0.15, 0.2) is 16.6 Å². The van der Waals surface area contributed by atoms with Gasteiger partial charge in [0.25, 0.3) is 0 Å². The van der Waals surface area contributed by atoms with Gasteiger partial charge in [-0.05, 0) is 63.0 Å². The van der Waals surface area contributed by atoms with Crippen molar-refractivity contribution < 1.29 is 19.1 Å². The van der Waals surface area contributed by atoms with E-state index in [0.717, 1.165) is 38.5 Å². The van der Waals surface area contributed by atoms with Gasteiger partial charge in [0.05, 0.1) is 23.0 Å². The summed E-state index contributed by atoms with van der Waals surface area (Å²) in [5.74, 6) is 0.0680. The molecule has 0 radical (unpaired) electrons. The predicted molar refractivity (Wildman–Crippen MR) is 177 cm³/mol. The number of hydrogen-bond acceptors (Lipinski definition) is 4. The first kappa shape index (κ1) is 35.9. The van der Waals surface area contributed by atoms with E-state index in [4.69, 9.17) is 8.85 Å². The van der Waals surface area contributed by atoms with E-state index < -0.39 is 39.7 Å². The van der Waals surface area contributed by atoms with Crippen molar-refractivity contribution in [1.82, 2.24) is 0 Å². The van der Waals surface area contributed by atoms with Crippen molar-refractivity contribution in [3.05, 3.63) is 23.3 Å². The van der Waals surface area contributed by atoms with Crippen LogP contribution >= 0.6 is 0 Å². The van der Waals surface area contributed by atoms with Crippen LogP contribution in [0.25, 0.3) is 0 Å². The Morgan fingerprint density at radius 1 is 0.675 bits per heavy atom. The first-order valence-electron chi connectivity index (χ1n) is 16.2. The fourth-order valence-electron chi connectivity index (χ4n) is 6.59. The van der Waals surface area contributed by atoms with Crippen LogP contribution in [0.1, 0.15) is 108 Å². The molecule has 0 aromatic carbocycles. The third kappa shape index (κ3) is 6.47. The summed E-state index contributed by atoms with van der Waals surface area (Å²) in [5.41, 5.74) is 0.866. The van der Waals surface area contributed by atoms with Crippen molar-refractivity contribution in [2.75, 3.05) is 13.2 Å². The maximum atomic E-state index is 12.6. The normalized spacial score (nSPS) is 32.0. The molecular formula is C34H66O4Si2. The van der Waals surface area contributed by atoms with Crippen LogP contribution in [0.4, 0.5) is 0 Å². The van der Waals surface area contributed by atoms with Crippen molar-refractivity contribution in [3.63, 3.8) is 0 Å². The first-order valence-corrected chi connectivity index (χ1v) is 22.0. The van der Waals surface area contributed by atoms with E-state index in [2.05, 4.69) is 108 Å². The van der Waals surface area contributed by atoms with Gasteiger partial charge >= 0.3 is 0 Å². The molecule has 2 N–H and O–H groups in total. The van der Waals surface area contributed by atoms with Gasteiger partial charge in [0.2, 0.25) is 0 Å². The summed E-state index contributed by atoms with van der Waals surface area (Å²) in [6.07, 6.45) is 9.54. The minimum Gasteiger partial charge on any atom is -0.416 e. The molecule has 6 atom stereocenters. The van der Waals surface area contributed by atoms with Crippen molar-refractivity contribution in [2.24, 2.45) is 22.7 Å². The van der Waals surface area contributed by atoms with E-state index in [1.165, 1.54) is 11.1 Å². The minimum atomic E-state index is -2.15. The molecule has 2 aliphatic rings. The van der Waals surface area contributed by atoms with Crippen molar-refractivity contribution in [3.8, 4) is 0 Å². The molecule has 2 aliphatic carbocycles. The molecule has 0 unspecified atom stereocenters. The highest BCUT2D eigenvalue weighted by molar-refractivity contribution is 6.74. The van der Waals surface area contributed by atoms with Crippen LogP contribution in [0, 0.1) is 22.7 Å². The Bertz CT molecular complexity index is 836. The van der Waals surface area contributed by atoms with Crippen LogP contribution in [-0.4, -0.2) is 52.3 Å². The van der Waals surface area contributed by atoms with Crippen LogP contribution < -0.4 is 0 Å². The molecule has 0 aliphatic heterocycles. The molecule has 2 rings (SSSR count). The topological polar surface area (TPSA) is 58.9 Å². The lowest BCUT2D eigenvalue weighted by molar-refractivity contribution is -0.171. The first-order chi connectivity index (χ1) is 18.2. The lowest BCUT2D eigenvalue weighted by Crippen LogP contribution is -2.69. The number of aliphatic hydroxyl groups is 2. The van der Waals surface area contributed by atoms with Crippen LogP contribution in [0.3, 0.4) is 0 Å². The summed E-state index contributed by atoms with van der Waals surface area (Å²) in [7, 11) is -4.31. The number of rotatable bonds is 12. The summed E-state index contributed by atoms with van der Waals surface area (Å²) in [6, 6.07) is 0. The largest absolute Gasteiger partial charge is 0.416 e. The quantitative estimate of drug-likeness (QED) is 0.175. The minimum absolute atomic E-state index is 0.0340. The van der Waals surface area contributed by atoms with Crippen molar-refractivity contribution in [1.29, 1.82) is 0 Å². The van der Waals surface area contributed by atoms with Gasteiger partial charge in [-0.1, -0.05) is 104 Å². The van der Waals surface area contributed by atoms with Gasteiger partial charge in [0.1, 0.15) is 0 Å². The number of aliphatic hydroxyl groups excluding tert-OH is 2. The Balaban J connectivity index is 2.86. The Labute approximate surface area is 250 Å². The lowest BCUT2D eigenvalue weighted by Gasteiger charge is -2.64. The molecule has 0 fully saturated rings. The SMILES string of the molecule is CCCC[C@@H]1C=C(C)[C@]2(CO[Si](C)(C)C(C)(C)C)[C@H](O)[C@H](CCCC)C=C(C)[C@]2(CO[Si](C)(C)C(C)(C)C)[C@@H]1O. The molecule has 0 saturated carbocycles. The summed E-state index contributed by atoms with van der Waals surface area (Å²) in [4.78, 5) is 0. The molecule has 234 valence electrons. The fraction of sp³-hybridized carbons (Fsp3) is 0.882. The molecule has 0 spiro atoms. The van der Waals surface area contributed by atoms with E-state index >= 15 is 0 Å². The highest BCUT2D eigenvalue weighted by Gasteiger charge is 2.67. The maximum absolute atomic E-state index is 12.6. The molecule has 0 amide bonds. The monoisotopic (exact) mass is 594 g/mol. The highest BCUT2D eigenvalue weighted by Crippen LogP contribution is 2.64. The van der Waals surface area contributed by atoms with E-state index in [1.54, 1.807) is 0 Å². The molecule has 0 aromatic rings. The zero-order chi connectivity index (χ0) is 30.9. The summed E-state index contributed by atoms with van der Waals surface area (Å²) in [5, 5.41) is 25.2. The fourth-order valence-corrected chi connectivity index (χ4v) is 8.63. The summed E-state index contributed by atoms with van der Waals surface area (Å²) in [6.45, 7) is 32.5. The van der Waals surface area contributed by atoms with Crippen LogP contribution in [0.5, 0.6) is 0 Å². The predicted octanol–water partition coefficient (Wildman–Crippen LogP) is 9.26. The molecular weight excluding hydrogens is 529 g/mol. The Kier molecular flexibility index (Phi) is 11.5. The maximum Gasteiger partial charge on any atom is 0.192 e. The molecule has 6 heteroatoms. The average Bonchev–Trinajstić information content (AvgIpc) is 2.82. The third-order valence-electron chi connectivity index (χ3n) is 11.7. The van der Waals surface area contributed by atoms with Crippen molar-refractivity contribution in [2.45, 2.75) is 156 Å². The second-order valence-corrected chi connectivity index (χ2v) is 25.9. The van der Waals surface area contributed by atoms with Crippen LogP contribution in [0.15, 0.2) is 23.3 Å². The molecule has 40 heavy (non-hydrogen) atoms. The lowest BCUT2D eigenvalue weighted by atomic mass is 9.44. The van der Waals surface area contributed by atoms with Gasteiger partial charge in [-0.2, -0.15) is 0 Å². The summed E-state index contributed by atoms with van der Waals surface area (Å²) < 4.78 is 14.2. The number of unbranched alkanes of at least 4 members (excludes halogenated alkanes) is 2. The molecule has 0 aromatic heterocycles. The molecule has 0 saturated heterocycles. The zero-order valence-electron chi connectivity index (χ0n) is 28.8. The molecule has 4 nitrogen and oxygen atoms in total. The zero-order valence-corrected chi connectivity index (χ0v) is 30.8. The van der Waals surface area contributed by atoms with E-state index in [-0.39, 0.29) is 21.9 Å². The van der Waals surface area contributed by atoms with Crippen LogP contribution in [0.2, 0.25) is 36.3 Å². The van der Waals surface area contributed by atoms with Gasteiger partial charge in [-0.3, -0.25) is 0 Å². The van der Waals surface area contributed by atoms with E-state index in [9.17, 15) is 10.2 Å². The van der Waals surface area contributed by atoms with Gasteiger partial charge in [0, 0.05) is 25.0 Å². The number of fused-ring (bicyclic) bond motifs is 1. The van der Waals surface area contributed by atoms with E-state index in [1.807, 2.05) is 0 Å². The second-order valence-electron chi connectivity index (χ2n) is 16.2. The average molecular weight is 595 g/mol. The molecule has 0 heterocycles. The summed E-state index contributed by atoms with van der Waals surface area (Å²) >= 11 is 0. The van der Waals surface area contributed by atoms with Crippen molar-refractivity contribution >= 4 is 16.6 Å². The van der Waals surface area contributed by atoms with Crippen LogP contribution in [-0.2, 0) is 8.85 Å². The number of hydrogen-bond donors (Lipinski definition) is 2. The molecule has 0 bridgehead atoms. The Morgan fingerprint density at radius 3 is 1.23 bits per heavy atom. The smallest absolute Gasteiger partial charge is 0.192 e. The standard InChI is InChI=1S/C34H66O4Si2/c1-15-17-19-27-21-25(3)34(24-38-40(13,14)32(8,9)10)30(36)28(20-18-16-2)22-26(4)33(34,29(27)35)23-37-39(11,12)31(5,6)7/h21-22,27-30,35-36H,15-20,23-24H2,1-14H3/t27-,28-,29-,30-,33-,34-/m1/s1.